The zero-order valence-corrected chi connectivity index (χ0v) is 20.4. The van der Waals surface area contributed by atoms with E-state index in [2.05, 4.69) is 15.4 Å². The molecule has 1 aromatic carbocycles. The van der Waals surface area contributed by atoms with Crippen LogP contribution in [-0.4, -0.2) is 74.5 Å². The number of piperidine rings is 1. The molecule has 0 radical (unpaired) electrons. The molecule has 0 spiro atoms. The van der Waals surface area contributed by atoms with Crippen LogP contribution in [0.3, 0.4) is 0 Å². The van der Waals surface area contributed by atoms with Crippen LogP contribution in [-0.2, 0) is 27.3 Å². The summed E-state index contributed by atoms with van der Waals surface area (Å²) < 4.78 is 1.79. The Bertz CT molecular complexity index is 1040. The van der Waals surface area contributed by atoms with Gasteiger partial charge < -0.3 is 20.9 Å². The SMILES string of the molecule is Cc1nc2n(n1)CCN(C(=O)CN)CCCC(=O)N1CCCC[C@H]1C(=O)N[C@@H]2Cc1ccccc1. The van der Waals surface area contributed by atoms with Crippen molar-refractivity contribution in [3.8, 4) is 0 Å². The van der Waals surface area contributed by atoms with Crippen LogP contribution in [0.4, 0.5) is 0 Å². The Morgan fingerprint density at radius 1 is 1.09 bits per heavy atom. The van der Waals surface area contributed by atoms with Gasteiger partial charge in [-0.1, -0.05) is 30.3 Å². The number of carbonyl (C=O) groups excluding carboxylic acids is 3. The van der Waals surface area contributed by atoms with E-state index in [-0.39, 0.29) is 24.3 Å². The molecule has 2 aliphatic rings. The van der Waals surface area contributed by atoms with Gasteiger partial charge in [0.05, 0.1) is 19.1 Å². The summed E-state index contributed by atoms with van der Waals surface area (Å²) in [7, 11) is 0. The van der Waals surface area contributed by atoms with Crippen LogP contribution in [0.15, 0.2) is 30.3 Å². The molecule has 2 atom stereocenters. The number of amides is 3. The Hall–Kier alpha value is -3.27. The first kappa shape index (κ1) is 24.8. The predicted octanol–water partition coefficient (Wildman–Crippen LogP) is 0.949. The summed E-state index contributed by atoms with van der Waals surface area (Å²) in [5.74, 6) is 0.894. The normalized spacial score (nSPS) is 22.1. The Balaban J connectivity index is 1.70. The highest BCUT2D eigenvalue weighted by Gasteiger charge is 2.34. The third-order valence-electron chi connectivity index (χ3n) is 6.77. The van der Waals surface area contributed by atoms with Crippen LogP contribution in [0.25, 0.3) is 0 Å². The lowest BCUT2D eigenvalue weighted by Crippen LogP contribution is -2.53. The average molecular weight is 482 g/mol. The number of hydrogen-bond donors (Lipinski definition) is 2. The van der Waals surface area contributed by atoms with Crippen LogP contribution in [0.2, 0.25) is 0 Å². The molecule has 35 heavy (non-hydrogen) atoms. The summed E-state index contributed by atoms with van der Waals surface area (Å²) >= 11 is 0. The fourth-order valence-corrected chi connectivity index (χ4v) is 4.99. The van der Waals surface area contributed by atoms with Crippen molar-refractivity contribution in [1.29, 1.82) is 0 Å². The van der Waals surface area contributed by atoms with Gasteiger partial charge in [-0.3, -0.25) is 14.4 Å². The van der Waals surface area contributed by atoms with Crippen molar-refractivity contribution in [3.63, 3.8) is 0 Å². The summed E-state index contributed by atoms with van der Waals surface area (Å²) in [4.78, 5) is 47.2. The molecule has 10 heteroatoms. The zero-order valence-electron chi connectivity index (χ0n) is 20.4. The summed E-state index contributed by atoms with van der Waals surface area (Å²) in [6, 6.07) is 8.99. The Morgan fingerprint density at radius 2 is 1.89 bits per heavy atom. The lowest BCUT2D eigenvalue weighted by molar-refractivity contribution is -0.143. The van der Waals surface area contributed by atoms with Gasteiger partial charge in [0.15, 0.2) is 0 Å². The smallest absolute Gasteiger partial charge is 0.243 e. The van der Waals surface area contributed by atoms with Crippen molar-refractivity contribution in [2.24, 2.45) is 5.73 Å². The van der Waals surface area contributed by atoms with Crippen LogP contribution < -0.4 is 11.1 Å². The number of aromatic nitrogens is 3. The minimum atomic E-state index is -0.503. The van der Waals surface area contributed by atoms with E-state index in [1.54, 1.807) is 14.5 Å². The maximum Gasteiger partial charge on any atom is 0.243 e. The first-order valence-electron chi connectivity index (χ1n) is 12.5. The van der Waals surface area contributed by atoms with E-state index in [1.165, 1.54) is 0 Å². The molecule has 1 saturated heterocycles. The van der Waals surface area contributed by atoms with E-state index in [0.29, 0.717) is 63.5 Å². The molecule has 188 valence electrons. The summed E-state index contributed by atoms with van der Waals surface area (Å²) in [5.41, 5.74) is 6.71. The molecular formula is C25H35N7O3. The Kier molecular flexibility index (Phi) is 8.12. The van der Waals surface area contributed by atoms with Gasteiger partial charge in [0.25, 0.3) is 0 Å². The predicted molar refractivity (Wildman–Crippen MR) is 130 cm³/mol. The number of nitrogens with one attached hydrogen (secondary N) is 1. The molecule has 0 bridgehead atoms. The molecule has 1 aromatic heterocycles. The molecule has 10 nitrogen and oxygen atoms in total. The Labute approximate surface area is 205 Å². The number of hydrogen-bond acceptors (Lipinski definition) is 6. The molecule has 0 aliphatic carbocycles. The lowest BCUT2D eigenvalue weighted by Gasteiger charge is -2.36. The van der Waals surface area contributed by atoms with Crippen LogP contribution in [0.5, 0.6) is 0 Å². The number of rotatable bonds is 3. The number of nitrogens with two attached hydrogens (primary N) is 1. The second kappa shape index (κ2) is 11.4. The molecule has 1 fully saturated rings. The first-order valence-corrected chi connectivity index (χ1v) is 12.5. The monoisotopic (exact) mass is 481 g/mol. The van der Waals surface area contributed by atoms with Gasteiger partial charge in [0.2, 0.25) is 17.7 Å². The van der Waals surface area contributed by atoms with E-state index >= 15 is 0 Å². The first-order chi connectivity index (χ1) is 17.0. The second-order valence-electron chi connectivity index (χ2n) is 9.28. The van der Waals surface area contributed by atoms with Gasteiger partial charge in [-0.15, -0.1) is 0 Å². The number of fused-ring (bicyclic) bond motifs is 2. The number of aryl methyl sites for hydroxylation is 1. The van der Waals surface area contributed by atoms with Crippen molar-refractivity contribution in [1.82, 2.24) is 29.9 Å². The van der Waals surface area contributed by atoms with Gasteiger partial charge >= 0.3 is 0 Å². The molecular weight excluding hydrogens is 446 g/mol. The van der Waals surface area contributed by atoms with Crippen molar-refractivity contribution < 1.29 is 14.4 Å². The minimum Gasteiger partial charge on any atom is -0.344 e. The second-order valence-corrected chi connectivity index (χ2v) is 9.28. The van der Waals surface area contributed by atoms with Crippen LogP contribution in [0, 0.1) is 6.92 Å². The van der Waals surface area contributed by atoms with Gasteiger partial charge in [-0.2, -0.15) is 5.10 Å². The third-order valence-corrected chi connectivity index (χ3v) is 6.77. The highest BCUT2D eigenvalue weighted by molar-refractivity contribution is 5.88. The fraction of sp³-hybridized carbons (Fsp3) is 0.560. The summed E-state index contributed by atoms with van der Waals surface area (Å²) in [5, 5.41) is 7.77. The average Bonchev–Trinajstić information content (AvgIpc) is 3.25. The molecule has 0 saturated carbocycles. The molecule has 4 rings (SSSR count). The zero-order chi connectivity index (χ0) is 24.8. The van der Waals surface area contributed by atoms with E-state index in [0.717, 1.165) is 18.4 Å². The highest BCUT2D eigenvalue weighted by Crippen LogP contribution is 2.23. The van der Waals surface area contributed by atoms with E-state index in [1.807, 2.05) is 37.3 Å². The molecule has 3 amide bonds. The Morgan fingerprint density at radius 3 is 2.66 bits per heavy atom. The summed E-state index contributed by atoms with van der Waals surface area (Å²) in [6.45, 7) is 3.56. The van der Waals surface area contributed by atoms with Crippen molar-refractivity contribution in [2.75, 3.05) is 26.2 Å². The van der Waals surface area contributed by atoms with E-state index in [4.69, 9.17) is 5.73 Å². The number of benzene rings is 1. The van der Waals surface area contributed by atoms with Crippen molar-refractivity contribution in [3.05, 3.63) is 47.5 Å². The number of carbonyl (C=O) groups is 3. The van der Waals surface area contributed by atoms with Gasteiger partial charge in [0, 0.05) is 26.1 Å². The molecule has 0 unspecified atom stereocenters. The lowest BCUT2D eigenvalue weighted by atomic mass is 9.99. The molecule has 2 aliphatic heterocycles. The van der Waals surface area contributed by atoms with Crippen molar-refractivity contribution in [2.45, 2.75) is 64.1 Å². The highest BCUT2D eigenvalue weighted by atomic mass is 16.2. The maximum absolute atomic E-state index is 13.5. The quantitative estimate of drug-likeness (QED) is 0.672. The van der Waals surface area contributed by atoms with Crippen LogP contribution in [0.1, 0.15) is 55.4 Å². The number of nitrogens with zero attached hydrogens (tertiary/aromatic N) is 5. The van der Waals surface area contributed by atoms with E-state index < -0.39 is 12.1 Å². The van der Waals surface area contributed by atoms with Crippen LogP contribution >= 0.6 is 0 Å². The largest absolute Gasteiger partial charge is 0.344 e. The molecule has 3 heterocycles. The van der Waals surface area contributed by atoms with Crippen molar-refractivity contribution >= 4 is 17.7 Å². The van der Waals surface area contributed by atoms with Gasteiger partial charge in [0.1, 0.15) is 17.7 Å². The standard InChI is InChI=1S/C25H35N7O3/c1-18-27-24-20(16-19-8-3-2-4-9-19)28-25(35)21-10-5-6-13-31(21)22(33)11-7-12-30(23(34)17-26)14-15-32(24)29-18/h2-4,8-9,20-21H,5-7,10-17,26H2,1H3,(H,28,35)/t20-,21+/m1/s1. The van der Waals surface area contributed by atoms with E-state index in [9.17, 15) is 14.4 Å². The van der Waals surface area contributed by atoms with Gasteiger partial charge in [-0.05, 0) is 44.6 Å². The fourth-order valence-electron chi connectivity index (χ4n) is 4.99. The topological polar surface area (TPSA) is 126 Å². The summed E-state index contributed by atoms with van der Waals surface area (Å²) in [6.07, 6.45) is 3.78. The maximum atomic E-state index is 13.5. The molecule has 2 aromatic rings. The van der Waals surface area contributed by atoms with Gasteiger partial charge in [-0.25, -0.2) is 9.67 Å². The minimum absolute atomic E-state index is 0.0410. The molecule has 3 N–H and O–H groups in total. The third kappa shape index (κ3) is 6.05.